The number of rotatable bonds is 6. The number of nitrogens with one attached hydrogen (secondary N) is 2. The topological polar surface area (TPSA) is 70.6 Å². The van der Waals surface area contributed by atoms with Gasteiger partial charge in [0.1, 0.15) is 18.8 Å². The summed E-state index contributed by atoms with van der Waals surface area (Å²) in [5.41, 5.74) is 1.70. The van der Waals surface area contributed by atoms with Gasteiger partial charge < -0.3 is 14.5 Å². The van der Waals surface area contributed by atoms with Crippen LogP contribution in [0.25, 0.3) is 0 Å². The smallest absolute Gasteiger partial charge is 0.269 e. The second-order valence-corrected chi connectivity index (χ2v) is 4.60. The van der Waals surface area contributed by atoms with E-state index >= 15 is 0 Å². The van der Waals surface area contributed by atoms with Gasteiger partial charge in [0.2, 0.25) is 0 Å². The molecule has 0 aliphatic carbocycles. The third-order valence-corrected chi connectivity index (χ3v) is 3.12. The Bertz CT molecular complexity index is 275. The van der Waals surface area contributed by atoms with Crippen LogP contribution in [0.2, 0.25) is 0 Å². The molecule has 0 saturated carbocycles. The molecule has 1 heterocycles. The van der Waals surface area contributed by atoms with Crippen LogP contribution in [-0.2, 0) is 9.53 Å². The maximum atomic E-state index is 11.2. The minimum atomic E-state index is -0.364. The molecule has 0 atom stereocenters. The van der Waals surface area contributed by atoms with Gasteiger partial charge in [-0.25, -0.2) is 0 Å². The van der Waals surface area contributed by atoms with E-state index in [4.69, 9.17) is 9.94 Å². The molecular formula is C11H22N3O3+. The van der Waals surface area contributed by atoms with Crippen LogP contribution >= 0.6 is 0 Å². The molecule has 0 unspecified atom stereocenters. The van der Waals surface area contributed by atoms with Crippen LogP contribution in [0, 0.1) is 0 Å². The van der Waals surface area contributed by atoms with Crippen LogP contribution < -0.4 is 10.8 Å². The molecule has 3 N–H and O–H groups in total. The lowest BCUT2D eigenvalue weighted by molar-refractivity contribution is -0.916. The average Bonchev–Trinajstić information content (AvgIpc) is 2.34. The van der Waals surface area contributed by atoms with Crippen molar-refractivity contribution in [1.29, 1.82) is 0 Å². The Morgan fingerprint density at radius 1 is 1.47 bits per heavy atom. The van der Waals surface area contributed by atoms with Crippen LogP contribution in [0.5, 0.6) is 0 Å². The molecule has 1 saturated heterocycles. The van der Waals surface area contributed by atoms with Crippen LogP contribution in [0.3, 0.4) is 0 Å². The molecule has 17 heavy (non-hydrogen) atoms. The SMILES string of the molecule is C=C(NO)C(=O)NCCC[N+]1(C)CCOCC1. The minimum Gasteiger partial charge on any atom is -0.370 e. The fourth-order valence-corrected chi connectivity index (χ4v) is 1.83. The van der Waals surface area contributed by atoms with Crippen molar-refractivity contribution in [2.75, 3.05) is 46.4 Å². The van der Waals surface area contributed by atoms with Gasteiger partial charge >= 0.3 is 0 Å². The molecule has 0 spiro atoms. The first-order chi connectivity index (χ1) is 8.07. The maximum Gasteiger partial charge on any atom is 0.269 e. The summed E-state index contributed by atoms with van der Waals surface area (Å²) in [6.45, 7) is 8.65. The highest BCUT2D eigenvalue weighted by Crippen LogP contribution is 2.07. The fourth-order valence-electron chi connectivity index (χ4n) is 1.83. The summed E-state index contributed by atoms with van der Waals surface area (Å²) >= 11 is 0. The quantitative estimate of drug-likeness (QED) is 0.254. The number of likely N-dealkylation sites (N-methyl/N-ethyl adjacent to an activating group) is 1. The van der Waals surface area contributed by atoms with E-state index in [2.05, 4.69) is 18.9 Å². The van der Waals surface area contributed by atoms with E-state index in [0.717, 1.165) is 43.8 Å². The molecule has 0 bridgehead atoms. The second kappa shape index (κ2) is 6.58. The Morgan fingerprint density at radius 2 is 2.12 bits per heavy atom. The zero-order valence-corrected chi connectivity index (χ0v) is 10.4. The van der Waals surface area contributed by atoms with E-state index in [-0.39, 0.29) is 11.6 Å². The molecule has 6 heteroatoms. The average molecular weight is 244 g/mol. The standard InChI is InChI=1S/C11H21N3O3/c1-10(13-16)11(15)12-4-3-5-14(2)6-8-17-9-7-14/h13,16H,1,3-9H2,2H3/p+1. The van der Waals surface area contributed by atoms with E-state index < -0.39 is 0 Å². The van der Waals surface area contributed by atoms with Crippen molar-refractivity contribution in [3.05, 3.63) is 12.3 Å². The Labute approximate surface area is 102 Å². The molecule has 1 aliphatic rings. The number of hydroxylamine groups is 1. The first kappa shape index (κ1) is 14.0. The molecular weight excluding hydrogens is 222 g/mol. The van der Waals surface area contributed by atoms with Crippen LogP contribution in [0.1, 0.15) is 6.42 Å². The zero-order valence-electron chi connectivity index (χ0n) is 10.4. The van der Waals surface area contributed by atoms with Gasteiger partial charge in [0.15, 0.2) is 0 Å². The highest BCUT2D eigenvalue weighted by Gasteiger charge is 2.24. The van der Waals surface area contributed by atoms with E-state index in [1.807, 2.05) is 0 Å². The summed E-state index contributed by atoms with van der Waals surface area (Å²) in [4.78, 5) is 11.2. The number of amides is 1. The number of carbonyl (C=O) groups is 1. The number of hydrogen-bond donors (Lipinski definition) is 3. The maximum absolute atomic E-state index is 11.2. The molecule has 0 aromatic heterocycles. The van der Waals surface area contributed by atoms with Crippen molar-refractivity contribution in [3.8, 4) is 0 Å². The molecule has 1 aliphatic heterocycles. The number of ether oxygens (including phenoxy) is 1. The Balaban J connectivity index is 2.15. The van der Waals surface area contributed by atoms with Crippen molar-refractivity contribution >= 4 is 5.91 Å². The van der Waals surface area contributed by atoms with E-state index in [9.17, 15) is 4.79 Å². The van der Waals surface area contributed by atoms with Crippen molar-refractivity contribution in [1.82, 2.24) is 10.8 Å². The third kappa shape index (κ3) is 4.72. The Morgan fingerprint density at radius 3 is 2.71 bits per heavy atom. The Kier molecular flexibility index (Phi) is 5.40. The largest absolute Gasteiger partial charge is 0.370 e. The number of carbonyl (C=O) groups excluding carboxylic acids is 1. The summed E-state index contributed by atoms with van der Waals surface area (Å²) in [6, 6.07) is 0. The summed E-state index contributed by atoms with van der Waals surface area (Å²) in [6.07, 6.45) is 0.904. The molecule has 1 amide bonds. The number of morpholine rings is 1. The third-order valence-electron chi connectivity index (χ3n) is 3.12. The molecule has 1 rings (SSSR count). The minimum absolute atomic E-state index is 0.0308. The highest BCUT2D eigenvalue weighted by molar-refractivity contribution is 5.91. The van der Waals surface area contributed by atoms with Gasteiger partial charge in [-0.3, -0.25) is 15.5 Å². The first-order valence-corrected chi connectivity index (χ1v) is 5.86. The van der Waals surface area contributed by atoms with Crippen molar-refractivity contribution in [3.63, 3.8) is 0 Å². The van der Waals surface area contributed by atoms with E-state index in [0.29, 0.717) is 6.54 Å². The van der Waals surface area contributed by atoms with Gasteiger partial charge in [-0.1, -0.05) is 6.58 Å². The van der Waals surface area contributed by atoms with Crippen LogP contribution in [0.15, 0.2) is 12.3 Å². The Hall–Kier alpha value is -1.11. The molecule has 0 aromatic carbocycles. The molecule has 0 radical (unpaired) electrons. The normalized spacial score (nSPS) is 18.5. The molecule has 6 nitrogen and oxygen atoms in total. The lowest BCUT2D eigenvalue weighted by Gasteiger charge is -2.37. The van der Waals surface area contributed by atoms with E-state index in [1.54, 1.807) is 5.48 Å². The predicted octanol–water partition coefficient (Wildman–Crippen LogP) is -0.538. The number of nitrogens with zero attached hydrogens (tertiary/aromatic N) is 1. The number of hydrogen-bond acceptors (Lipinski definition) is 4. The summed E-state index contributed by atoms with van der Waals surface area (Å²) < 4.78 is 6.32. The lowest BCUT2D eigenvalue weighted by Crippen LogP contribution is -2.52. The number of quaternary nitrogens is 1. The second-order valence-electron chi connectivity index (χ2n) is 4.60. The lowest BCUT2D eigenvalue weighted by atomic mass is 10.3. The monoisotopic (exact) mass is 244 g/mol. The summed E-state index contributed by atoms with van der Waals surface area (Å²) in [5, 5.41) is 11.2. The summed E-state index contributed by atoms with van der Waals surface area (Å²) in [5.74, 6) is -0.364. The fraction of sp³-hybridized carbons (Fsp3) is 0.727. The molecule has 0 aromatic rings. The van der Waals surface area contributed by atoms with Crippen molar-refractivity contribution in [2.24, 2.45) is 0 Å². The highest BCUT2D eigenvalue weighted by atomic mass is 16.5. The van der Waals surface area contributed by atoms with Gasteiger partial charge in [-0.2, -0.15) is 0 Å². The van der Waals surface area contributed by atoms with Crippen molar-refractivity contribution < 1.29 is 19.2 Å². The summed E-state index contributed by atoms with van der Waals surface area (Å²) in [7, 11) is 2.21. The molecule has 98 valence electrons. The van der Waals surface area contributed by atoms with Gasteiger partial charge in [-0.05, 0) is 0 Å². The van der Waals surface area contributed by atoms with Gasteiger partial charge in [-0.15, -0.1) is 0 Å². The van der Waals surface area contributed by atoms with Crippen molar-refractivity contribution in [2.45, 2.75) is 6.42 Å². The van der Waals surface area contributed by atoms with Gasteiger partial charge in [0.05, 0.1) is 26.8 Å². The first-order valence-electron chi connectivity index (χ1n) is 5.86. The van der Waals surface area contributed by atoms with Crippen LogP contribution in [0.4, 0.5) is 0 Å². The van der Waals surface area contributed by atoms with Gasteiger partial charge in [0.25, 0.3) is 5.91 Å². The van der Waals surface area contributed by atoms with Gasteiger partial charge in [0, 0.05) is 13.0 Å². The van der Waals surface area contributed by atoms with Crippen LogP contribution in [-0.4, -0.2) is 62.0 Å². The van der Waals surface area contributed by atoms with E-state index in [1.165, 1.54) is 0 Å². The predicted molar refractivity (Wildman–Crippen MR) is 63.3 cm³/mol. The molecule has 1 fully saturated rings. The zero-order chi connectivity index (χ0) is 12.7.